The molecule has 0 aliphatic carbocycles. The number of carboxylic acids is 1. The second-order valence-corrected chi connectivity index (χ2v) is 5.00. The van der Waals surface area contributed by atoms with Gasteiger partial charge >= 0.3 is 5.97 Å². The molecular formula is C16H18N2O2. The quantitative estimate of drug-likeness (QED) is 0.870. The van der Waals surface area contributed by atoms with E-state index >= 15 is 0 Å². The van der Waals surface area contributed by atoms with Crippen LogP contribution in [0.5, 0.6) is 0 Å². The van der Waals surface area contributed by atoms with Crippen molar-refractivity contribution in [1.82, 2.24) is 4.98 Å². The molecule has 0 saturated heterocycles. The molecule has 0 aliphatic heterocycles. The van der Waals surface area contributed by atoms with Crippen LogP contribution in [0.4, 0.5) is 0 Å². The molecule has 0 spiro atoms. The molecule has 4 heteroatoms. The van der Waals surface area contributed by atoms with Gasteiger partial charge < -0.3 is 10.8 Å². The maximum atomic E-state index is 11.8. The maximum Gasteiger partial charge on any atom is 0.315 e. The highest BCUT2D eigenvalue weighted by Gasteiger charge is 2.39. The summed E-state index contributed by atoms with van der Waals surface area (Å²) in [6, 6.07) is 11.1. The summed E-state index contributed by atoms with van der Waals surface area (Å²) in [5.41, 5.74) is 7.31. The minimum Gasteiger partial charge on any atom is -0.481 e. The van der Waals surface area contributed by atoms with Gasteiger partial charge in [-0.1, -0.05) is 36.4 Å². The van der Waals surface area contributed by atoms with Gasteiger partial charge in [-0.25, -0.2) is 0 Å². The Bertz CT molecular complexity index is 598. The lowest BCUT2D eigenvalue weighted by Gasteiger charge is -2.28. The minimum absolute atomic E-state index is 0.0420. The first kappa shape index (κ1) is 14.2. The summed E-state index contributed by atoms with van der Waals surface area (Å²) in [7, 11) is 0. The van der Waals surface area contributed by atoms with Gasteiger partial charge in [0.2, 0.25) is 0 Å². The van der Waals surface area contributed by atoms with Crippen LogP contribution < -0.4 is 5.73 Å². The number of nitrogens with zero attached hydrogens (tertiary/aromatic N) is 1. The number of hydrogen-bond acceptors (Lipinski definition) is 3. The van der Waals surface area contributed by atoms with Crippen molar-refractivity contribution in [1.29, 1.82) is 0 Å². The third kappa shape index (κ3) is 2.70. The summed E-state index contributed by atoms with van der Waals surface area (Å²) in [6.07, 6.45) is 3.78. The largest absolute Gasteiger partial charge is 0.481 e. The molecule has 1 atom stereocenters. The van der Waals surface area contributed by atoms with Gasteiger partial charge in [-0.3, -0.25) is 9.78 Å². The molecule has 0 bridgehead atoms. The van der Waals surface area contributed by atoms with Crippen LogP contribution >= 0.6 is 0 Å². The number of aliphatic carboxylic acids is 1. The first-order chi connectivity index (χ1) is 9.58. The standard InChI is InChI=1S/C16H18N2O2/c1-12-7-13(10-18-9-12)8-16(11-17,15(19)20)14-5-3-2-4-6-14/h2-7,9-10H,8,11,17H2,1H3,(H,19,20). The fourth-order valence-corrected chi connectivity index (χ4v) is 2.40. The zero-order valence-corrected chi connectivity index (χ0v) is 11.4. The van der Waals surface area contributed by atoms with E-state index in [4.69, 9.17) is 5.73 Å². The highest BCUT2D eigenvalue weighted by atomic mass is 16.4. The molecule has 0 radical (unpaired) electrons. The van der Waals surface area contributed by atoms with Crippen molar-refractivity contribution < 1.29 is 9.90 Å². The van der Waals surface area contributed by atoms with Crippen molar-refractivity contribution in [3.63, 3.8) is 0 Å². The van der Waals surface area contributed by atoms with Crippen LogP contribution in [0, 0.1) is 6.92 Å². The number of benzene rings is 1. The van der Waals surface area contributed by atoms with E-state index in [1.807, 2.05) is 43.3 Å². The molecule has 0 saturated carbocycles. The SMILES string of the molecule is Cc1cncc(CC(CN)(C(=O)O)c2ccccc2)c1. The Hall–Kier alpha value is -2.20. The van der Waals surface area contributed by atoms with Crippen LogP contribution in [0.1, 0.15) is 16.7 Å². The maximum absolute atomic E-state index is 11.8. The number of carboxylic acid groups (broad SMARTS) is 1. The number of aryl methyl sites for hydroxylation is 1. The molecule has 1 aromatic heterocycles. The van der Waals surface area contributed by atoms with E-state index in [0.29, 0.717) is 6.42 Å². The number of hydrogen-bond donors (Lipinski definition) is 2. The second-order valence-electron chi connectivity index (χ2n) is 5.00. The lowest BCUT2D eigenvalue weighted by atomic mass is 9.75. The first-order valence-electron chi connectivity index (χ1n) is 6.48. The predicted octanol–water partition coefficient (Wildman–Crippen LogP) is 1.91. The lowest BCUT2D eigenvalue weighted by Crippen LogP contribution is -2.45. The Balaban J connectivity index is 2.45. The van der Waals surface area contributed by atoms with Gasteiger partial charge in [-0.2, -0.15) is 0 Å². The molecule has 0 aliphatic rings. The fraction of sp³-hybridized carbons (Fsp3) is 0.250. The Morgan fingerprint density at radius 3 is 2.55 bits per heavy atom. The monoisotopic (exact) mass is 270 g/mol. The topological polar surface area (TPSA) is 76.2 Å². The highest BCUT2D eigenvalue weighted by Crippen LogP contribution is 2.28. The van der Waals surface area contributed by atoms with Gasteiger partial charge in [-0.05, 0) is 30.0 Å². The van der Waals surface area contributed by atoms with Crippen molar-refractivity contribution in [3.05, 3.63) is 65.5 Å². The van der Waals surface area contributed by atoms with Crippen LogP contribution in [-0.4, -0.2) is 22.6 Å². The molecule has 0 fully saturated rings. The predicted molar refractivity (Wildman–Crippen MR) is 77.5 cm³/mol. The van der Waals surface area contributed by atoms with Gasteiger partial charge in [0.15, 0.2) is 0 Å². The van der Waals surface area contributed by atoms with Gasteiger partial charge in [0, 0.05) is 18.9 Å². The number of pyridine rings is 1. The average molecular weight is 270 g/mol. The second kappa shape index (κ2) is 5.84. The number of carbonyl (C=O) groups is 1. The molecule has 0 amide bonds. The molecule has 1 aromatic carbocycles. The van der Waals surface area contributed by atoms with Crippen LogP contribution in [0.2, 0.25) is 0 Å². The third-order valence-electron chi connectivity index (χ3n) is 3.52. The average Bonchev–Trinajstić information content (AvgIpc) is 2.45. The molecule has 1 unspecified atom stereocenters. The summed E-state index contributed by atoms with van der Waals surface area (Å²) in [4.78, 5) is 16.0. The van der Waals surface area contributed by atoms with Crippen molar-refractivity contribution in [3.8, 4) is 0 Å². The molecule has 3 N–H and O–H groups in total. The van der Waals surface area contributed by atoms with E-state index in [2.05, 4.69) is 4.98 Å². The Morgan fingerprint density at radius 1 is 1.30 bits per heavy atom. The Morgan fingerprint density at radius 2 is 2.00 bits per heavy atom. The number of aromatic nitrogens is 1. The van der Waals surface area contributed by atoms with Crippen molar-refractivity contribution in [2.24, 2.45) is 5.73 Å². The summed E-state index contributed by atoms with van der Waals surface area (Å²) >= 11 is 0. The van der Waals surface area contributed by atoms with Gasteiger partial charge in [0.25, 0.3) is 0 Å². The van der Waals surface area contributed by atoms with E-state index in [1.165, 1.54) is 0 Å². The van der Waals surface area contributed by atoms with Crippen LogP contribution in [0.25, 0.3) is 0 Å². The molecule has 20 heavy (non-hydrogen) atoms. The summed E-state index contributed by atoms with van der Waals surface area (Å²) in [5.74, 6) is -0.910. The van der Waals surface area contributed by atoms with Crippen LogP contribution in [-0.2, 0) is 16.6 Å². The van der Waals surface area contributed by atoms with Gasteiger partial charge in [0.05, 0.1) is 0 Å². The van der Waals surface area contributed by atoms with E-state index in [-0.39, 0.29) is 6.54 Å². The van der Waals surface area contributed by atoms with E-state index in [1.54, 1.807) is 12.4 Å². The molecule has 2 aromatic rings. The number of nitrogens with two attached hydrogens (primary N) is 1. The fourth-order valence-electron chi connectivity index (χ4n) is 2.40. The first-order valence-corrected chi connectivity index (χ1v) is 6.48. The van der Waals surface area contributed by atoms with Crippen LogP contribution in [0.3, 0.4) is 0 Å². The van der Waals surface area contributed by atoms with E-state index in [0.717, 1.165) is 16.7 Å². The summed E-state index contributed by atoms with van der Waals surface area (Å²) < 4.78 is 0. The Kier molecular flexibility index (Phi) is 4.15. The zero-order valence-electron chi connectivity index (χ0n) is 11.4. The molecule has 1 heterocycles. The van der Waals surface area contributed by atoms with Crippen molar-refractivity contribution in [2.75, 3.05) is 6.54 Å². The highest BCUT2D eigenvalue weighted by molar-refractivity contribution is 5.82. The van der Waals surface area contributed by atoms with Crippen molar-refractivity contribution in [2.45, 2.75) is 18.8 Å². The van der Waals surface area contributed by atoms with Gasteiger partial charge in [-0.15, -0.1) is 0 Å². The summed E-state index contributed by atoms with van der Waals surface area (Å²) in [5, 5.41) is 9.71. The molecular weight excluding hydrogens is 252 g/mol. The van der Waals surface area contributed by atoms with Gasteiger partial charge in [0.1, 0.15) is 5.41 Å². The summed E-state index contributed by atoms with van der Waals surface area (Å²) in [6.45, 7) is 1.98. The molecule has 2 rings (SSSR count). The lowest BCUT2D eigenvalue weighted by molar-refractivity contribution is -0.143. The van der Waals surface area contributed by atoms with Crippen LogP contribution in [0.15, 0.2) is 48.8 Å². The normalized spacial score (nSPS) is 13.7. The van der Waals surface area contributed by atoms with E-state index in [9.17, 15) is 9.90 Å². The Labute approximate surface area is 118 Å². The van der Waals surface area contributed by atoms with Crippen molar-refractivity contribution >= 4 is 5.97 Å². The molecule has 104 valence electrons. The minimum atomic E-state index is -1.11. The molecule has 4 nitrogen and oxygen atoms in total. The van der Waals surface area contributed by atoms with E-state index < -0.39 is 11.4 Å². The number of rotatable bonds is 5. The third-order valence-corrected chi connectivity index (χ3v) is 3.52. The smallest absolute Gasteiger partial charge is 0.315 e. The zero-order chi connectivity index (χ0) is 14.6.